The number of hydrogen-bond acceptors (Lipinski definition) is 6. The van der Waals surface area contributed by atoms with Crippen molar-refractivity contribution >= 4 is 60.5 Å². The normalized spacial score (nSPS) is 15.6. The van der Waals surface area contributed by atoms with Crippen LogP contribution in [0.25, 0.3) is 10.2 Å². The van der Waals surface area contributed by atoms with Gasteiger partial charge in [0.15, 0.2) is 6.10 Å². The third-order valence-electron chi connectivity index (χ3n) is 5.47. The number of anilines is 2. The molecule has 174 valence electrons. The van der Waals surface area contributed by atoms with E-state index in [9.17, 15) is 18.0 Å². The monoisotopic (exact) mass is 515 g/mol. The maximum atomic E-state index is 13.4. The number of amides is 1. The van der Waals surface area contributed by atoms with Gasteiger partial charge in [-0.3, -0.25) is 13.9 Å². The molecule has 1 unspecified atom stereocenters. The summed E-state index contributed by atoms with van der Waals surface area (Å²) in [6.45, 7) is -0.239. The van der Waals surface area contributed by atoms with Crippen molar-refractivity contribution in [3.63, 3.8) is 0 Å². The number of nitrogens with zero attached hydrogens (tertiary/aromatic N) is 2. The van der Waals surface area contributed by atoms with Crippen LogP contribution < -0.4 is 19.2 Å². The first-order valence-corrected chi connectivity index (χ1v) is 12.8. The van der Waals surface area contributed by atoms with Crippen molar-refractivity contribution in [1.29, 1.82) is 0 Å². The number of rotatable bonds is 4. The summed E-state index contributed by atoms with van der Waals surface area (Å²) in [7, 11) is -2.30. The number of carbonyl (C=O) groups excluding carboxylic acids is 1. The molecule has 11 heteroatoms. The van der Waals surface area contributed by atoms with E-state index in [0.29, 0.717) is 10.7 Å². The topological polar surface area (TPSA) is 97.7 Å². The highest BCUT2D eigenvalue weighted by Gasteiger charge is 2.37. The van der Waals surface area contributed by atoms with Gasteiger partial charge in [-0.15, -0.1) is 0 Å². The lowest BCUT2D eigenvalue weighted by Crippen LogP contribution is -2.48. The van der Waals surface area contributed by atoms with Crippen molar-refractivity contribution in [2.45, 2.75) is 11.0 Å². The lowest BCUT2D eigenvalue weighted by Gasteiger charge is -2.34. The van der Waals surface area contributed by atoms with Crippen molar-refractivity contribution in [3.05, 3.63) is 81.4 Å². The van der Waals surface area contributed by atoms with E-state index in [2.05, 4.69) is 5.32 Å². The molecule has 0 radical (unpaired) electrons. The maximum Gasteiger partial charge on any atom is 0.307 e. The van der Waals surface area contributed by atoms with Gasteiger partial charge in [0.1, 0.15) is 5.75 Å². The molecule has 1 N–H and O–H groups in total. The molecular weight excluding hydrogens is 498 g/mol. The largest absolute Gasteiger partial charge is 0.476 e. The Labute approximate surface area is 204 Å². The van der Waals surface area contributed by atoms with Gasteiger partial charge in [-0.1, -0.05) is 41.1 Å². The molecule has 1 aromatic heterocycles. The number of thiazole rings is 1. The van der Waals surface area contributed by atoms with Crippen molar-refractivity contribution < 1.29 is 17.9 Å². The molecule has 5 rings (SSSR count). The minimum atomic E-state index is -3.98. The number of aryl methyl sites for hydroxylation is 1. The Morgan fingerprint density at radius 3 is 2.65 bits per heavy atom. The van der Waals surface area contributed by atoms with Crippen LogP contribution in [-0.2, 0) is 21.9 Å². The molecule has 3 aromatic carbocycles. The summed E-state index contributed by atoms with van der Waals surface area (Å²) in [5.74, 6) is -0.288. The Kier molecular flexibility index (Phi) is 5.59. The summed E-state index contributed by atoms with van der Waals surface area (Å²) in [6, 6.07) is 17.7. The predicted octanol–water partition coefficient (Wildman–Crippen LogP) is 3.85. The van der Waals surface area contributed by atoms with Gasteiger partial charge in [-0.05, 0) is 48.5 Å². The second-order valence-electron chi connectivity index (χ2n) is 7.67. The van der Waals surface area contributed by atoms with Crippen LogP contribution in [0.2, 0.25) is 5.02 Å². The summed E-state index contributed by atoms with van der Waals surface area (Å²) >= 11 is 7.20. The zero-order chi connectivity index (χ0) is 24.0. The van der Waals surface area contributed by atoms with Crippen LogP contribution in [-0.4, -0.2) is 31.5 Å². The van der Waals surface area contributed by atoms with Crippen LogP contribution in [0.3, 0.4) is 0 Å². The molecule has 0 bridgehead atoms. The second-order valence-corrected chi connectivity index (χ2v) is 11.0. The molecule has 0 fully saturated rings. The number of hydrogen-bond donors (Lipinski definition) is 1. The lowest BCUT2D eigenvalue weighted by molar-refractivity contribution is -0.122. The summed E-state index contributed by atoms with van der Waals surface area (Å²) in [4.78, 5) is 25.0. The molecule has 0 saturated heterocycles. The van der Waals surface area contributed by atoms with Gasteiger partial charge in [0.2, 0.25) is 0 Å². The van der Waals surface area contributed by atoms with E-state index < -0.39 is 22.0 Å². The second kappa shape index (κ2) is 8.46. The molecule has 0 saturated carbocycles. The molecular formula is C23H18ClN3O5S2. The number of aromatic nitrogens is 1. The smallest absolute Gasteiger partial charge is 0.307 e. The first-order valence-electron chi connectivity index (χ1n) is 10.2. The van der Waals surface area contributed by atoms with E-state index in [0.717, 1.165) is 25.9 Å². The van der Waals surface area contributed by atoms with Gasteiger partial charge < -0.3 is 14.6 Å². The van der Waals surface area contributed by atoms with E-state index in [1.807, 2.05) is 0 Å². The number of benzene rings is 3. The molecule has 2 heterocycles. The van der Waals surface area contributed by atoms with Gasteiger partial charge in [0.25, 0.3) is 15.9 Å². The quantitative estimate of drug-likeness (QED) is 0.445. The molecule has 1 atom stereocenters. The Morgan fingerprint density at radius 1 is 1.12 bits per heavy atom. The van der Waals surface area contributed by atoms with E-state index in [-0.39, 0.29) is 27.8 Å². The average Bonchev–Trinajstić information content (AvgIpc) is 3.11. The first-order chi connectivity index (χ1) is 16.2. The number of halogens is 1. The van der Waals surface area contributed by atoms with Crippen LogP contribution >= 0.6 is 22.9 Å². The molecule has 1 aliphatic heterocycles. The summed E-state index contributed by atoms with van der Waals surface area (Å²) in [5, 5.41) is 3.11. The lowest BCUT2D eigenvalue weighted by atomic mass is 10.2. The fourth-order valence-electron chi connectivity index (χ4n) is 3.74. The van der Waals surface area contributed by atoms with Crippen molar-refractivity contribution in [1.82, 2.24) is 4.57 Å². The number of sulfonamides is 1. The van der Waals surface area contributed by atoms with Gasteiger partial charge in [0.05, 0.1) is 27.3 Å². The van der Waals surface area contributed by atoms with Crippen molar-refractivity contribution in [2.24, 2.45) is 7.05 Å². The minimum absolute atomic E-state index is 0.0893. The first kappa shape index (κ1) is 22.5. The van der Waals surface area contributed by atoms with Gasteiger partial charge in [-0.2, -0.15) is 0 Å². The average molecular weight is 516 g/mol. The Hall–Kier alpha value is -3.34. The zero-order valence-corrected chi connectivity index (χ0v) is 20.2. The number of ether oxygens (including phenoxy) is 1. The molecule has 0 spiro atoms. The predicted molar refractivity (Wildman–Crippen MR) is 133 cm³/mol. The van der Waals surface area contributed by atoms with Gasteiger partial charge in [-0.25, -0.2) is 8.42 Å². The molecule has 4 aromatic rings. The van der Waals surface area contributed by atoms with Gasteiger partial charge >= 0.3 is 4.87 Å². The molecule has 1 amide bonds. The molecule has 34 heavy (non-hydrogen) atoms. The third-order valence-corrected chi connectivity index (χ3v) is 8.50. The highest BCUT2D eigenvalue weighted by molar-refractivity contribution is 7.92. The molecule has 8 nitrogen and oxygen atoms in total. The van der Waals surface area contributed by atoms with Crippen LogP contribution in [0, 0.1) is 0 Å². The number of carbonyl (C=O) groups is 1. The minimum Gasteiger partial charge on any atom is -0.476 e. The third kappa shape index (κ3) is 3.93. The summed E-state index contributed by atoms with van der Waals surface area (Å²) < 4.78 is 36.1. The number of nitrogens with one attached hydrogen (secondary N) is 1. The SMILES string of the molecule is Cn1c(=O)sc2cc(NC(=O)C3CN(S(=O)(=O)c4ccccc4)c4cc(Cl)ccc4O3)ccc21. The fourth-order valence-corrected chi connectivity index (χ4v) is 6.32. The summed E-state index contributed by atoms with van der Waals surface area (Å²) in [6.07, 6.45) is -1.11. The van der Waals surface area contributed by atoms with Crippen LogP contribution in [0.4, 0.5) is 11.4 Å². The van der Waals surface area contributed by atoms with Crippen molar-refractivity contribution in [2.75, 3.05) is 16.2 Å². The highest BCUT2D eigenvalue weighted by Crippen LogP contribution is 2.39. The Morgan fingerprint density at radius 2 is 1.88 bits per heavy atom. The Balaban J connectivity index is 1.47. The Bertz CT molecular complexity index is 1580. The summed E-state index contributed by atoms with van der Waals surface area (Å²) in [5.41, 5.74) is 1.49. The van der Waals surface area contributed by atoms with E-state index in [1.54, 1.807) is 49.5 Å². The van der Waals surface area contributed by atoms with Gasteiger partial charge in [0, 0.05) is 17.8 Å². The van der Waals surface area contributed by atoms with Crippen LogP contribution in [0.15, 0.2) is 76.4 Å². The van der Waals surface area contributed by atoms with Crippen LogP contribution in [0.5, 0.6) is 5.75 Å². The fraction of sp³-hybridized carbons (Fsp3) is 0.130. The number of fused-ring (bicyclic) bond motifs is 2. The van der Waals surface area contributed by atoms with Crippen LogP contribution in [0.1, 0.15) is 0 Å². The molecule has 0 aliphatic carbocycles. The maximum absolute atomic E-state index is 13.4. The standard InChI is InChI=1S/C23H18ClN3O5S2/c1-26-17-9-8-15(12-21(17)33-23(26)29)25-22(28)20-13-27(18-11-14(24)7-10-19(18)32-20)34(30,31)16-5-3-2-4-6-16/h2-12,20H,13H2,1H3,(H,25,28). The van der Waals surface area contributed by atoms with E-state index in [4.69, 9.17) is 16.3 Å². The van der Waals surface area contributed by atoms with Crippen molar-refractivity contribution in [3.8, 4) is 5.75 Å². The van der Waals surface area contributed by atoms with E-state index in [1.165, 1.54) is 28.8 Å². The molecule has 1 aliphatic rings. The zero-order valence-electron chi connectivity index (χ0n) is 17.8. The van der Waals surface area contributed by atoms with E-state index >= 15 is 0 Å². The highest BCUT2D eigenvalue weighted by atomic mass is 35.5.